The zero-order valence-corrected chi connectivity index (χ0v) is 26.5. The standard InChI is InChI=1S/C38H37N3O7/c1-46-37(44)33-20-34(42)41(33)35(26-14-6-3-7-15-26)36(43)39-21-27(23-47-22-25-12-4-2-5-13-25)40-38(45)48-24-32-30-18-10-8-16-28(30)29-17-9-11-19-31(29)32/h2-19,27,32-33,35H,20-24H2,1H3,(H,39,43)(H,40,45)/t27-,33-,35?/m1/s1. The van der Waals surface area contributed by atoms with Crippen LogP contribution in [0.1, 0.15) is 40.6 Å². The average molecular weight is 648 g/mol. The van der Waals surface area contributed by atoms with Crippen LogP contribution in [0.15, 0.2) is 109 Å². The molecule has 3 atom stereocenters. The van der Waals surface area contributed by atoms with Crippen LogP contribution in [0.4, 0.5) is 4.79 Å². The Morgan fingerprint density at radius 1 is 0.833 bits per heavy atom. The quantitative estimate of drug-likeness (QED) is 0.159. The van der Waals surface area contributed by atoms with Gasteiger partial charge in [0.05, 0.1) is 32.8 Å². The fourth-order valence-corrected chi connectivity index (χ4v) is 6.33. The van der Waals surface area contributed by atoms with Crippen LogP contribution in [0.2, 0.25) is 0 Å². The van der Waals surface area contributed by atoms with E-state index in [1.807, 2.05) is 66.7 Å². The fourth-order valence-electron chi connectivity index (χ4n) is 6.33. The SMILES string of the molecule is COC(=O)[C@H]1CC(=O)N1C(C(=O)NC[C@H](COCc1ccccc1)NC(=O)OCC1c2ccccc2-c2ccccc21)c1ccccc1. The Labute approximate surface area is 279 Å². The van der Waals surface area contributed by atoms with Crippen LogP contribution >= 0.6 is 0 Å². The Kier molecular flexibility index (Phi) is 10.1. The molecule has 3 amide bonds. The van der Waals surface area contributed by atoms with Crippen molar-refractivity contribution in [2.75, 3.05) is 26.9 Å². The van der Waals surface area contributed by atoms with Gasteiger partial charge in [-0.2, -0.15) is 0 Å². The second-order valence-corrected chi connectivity index (χ2v) is 11.8. The van der Waals surface area contributed by atoms with Gasteiger partial charge in [-0.3, -0.25) is 9.59 Å². The molecule has 2 N–H and O–H groups in total. The highest BCUT2D eigenvalue weighted by Gasteiger charge is 2.48. The molecule has 10 heteroatoms. The first kappa shape index (κ1) is 32.5. The highest BCUT2D eigenvalue weighted by molar-refractivity contribution is 5.99. The number of alkyl carbamates (subject to hydrolysis) is 1. The van der Waals surface area contributed by atoms with Crippen molar-refractivity contribution in [3.05, 3.63) is 131 Å². The van der Waals surface area contributed by atoms with E-state index in [-0.39, 0.29) is 38.0 Å². The minimum atomic E-state index is -1.07. The molecule has 2 aliphatic rings. The minimum absolute atomic E-state index is 0.0218. The van der Waals surface area contributed by atoms with E-state index < -0.39 is 36.1 Å². The van der Waals surface area contributed by atoms with E-state index >= 15 is 0 Å². The van der Waals surface area contributed by atoms with Crippen LogP contribution in [-0.2, 0) is 35.2 Å². The summed E-state index contributed by atoms with van der Waals surface area (Å²) in [7, 11) is 1.25. The minimum Gasteiger partial charge on any atom is -0.467 e. The van der Waals surface area contributed by atoms with Gasteiger partial charge in [-0.05, 0) is 33.4 Å². The lowest BCUT2D eigenvalue weighted by atomic mass is 9.94. The van der Waals surface area contributed by atoms with Gasteiger partial charge in [0.2, 0.25) is 11.8 Å². The Morgan fingerprint density at radius 3 is 2.06 bits per heavy atom. The molecule has 1 aliphatic carbocycles. The summed E-state index contributed by atoms with van der Waals surface area (Å²) < 4.78 is 16.6. The molecule has 1 saturated heterocycles. The van der Waals surface area contributed by atoms with Crippen molar-refractivity contribution in [1.29, 1.82) is 0 Å². The molecule has 1 heterocycles. The third-order valence-corrected chi connectivity index (χ3v) is 8.73. The number of likely N-dealkylation sites (tertiary alicyclic amines) is 1. The van der Waals surface area contributed by atoms with Crippen molar-refractivity contribution >= 4 is 23.9 Å². The summed E-state index contributed by atoms with van der Waals surface area (Å²) >= 11 is 0. The zero-order valence-electron chi connectivity index (χ0n) is 26.5. The molecule has 246 valence electrons. The maximum atomic E-state index is 13.8. The summed E-state index contributed by atoms with van der Waals surface area (Å²) in [5.41, 5.74) is 5.94. The molecule has 10 nitrogen and oxygen atoms in total. The molecule has 6 rings (SSSR count). The lowest BCUT2D eigenvalue weighted by molar-refractivity contribution is -0.169. The predicted molar refractivity (Wildman–Crippen MR) is 178 cm³/mol. The van der Waals surface area contributed by atoms with Crippen molar-refractivity contribution < 1.29 is 33.4 Å². The number of amides is 3. The Hall–Kier alpha value is -5.48. The lowest BCUT2D eigenvalue weighted by Crippen LogP contribution is -2.61. The van der Waals surface area contributed by atoms with E-state index in [0.29, 0.717) is 12.2 Å². The summed E-state index contributed by atoms with van der Waals surface area (Å²) in [5, 5.41) is 5.73. The van der Waals surface area contributed by atoms with E-state index in [1.54, 1.807) is 30.3 Å². The van der Waals surface area contributed by atoms with Crippen LogP contribution in [0.5, 0.6) is 0 Å². The number of methoxy groups -OCH3 is 1. The van der Waals surface area contributed by atoms with Gasteiger partial charge in [0.15, 0.2) is 0 Å². The zero-order chi connectivity index (χ0) is 33.5. The summed E-state index contributed by atoms with van der Waals surface area (Å²) in [6.07, 6.45) is -0.689. The summed E-state index contributed by atoms with van der Waals surface area (Å²) in [6, 6.07) is 31.9. The molecular weight excluding hydrogens is 610 g/mol. The van der Waals surface area contributed by atoms with Gasteiger partial charge in [-0.25, -0.2) is 9.59 Å². The van der Waals surface area contributed by atoms with Crippen LogP contribution in [0.3, 0.4) is 0 Å². The van der Waals surface area contributed by atoms with E-state index in [0.717, 1.165) is 27.8 Å². The third-order valence-electron chi connectivity index (χ3n) is 8.73. The number of hydrogen-bond donors (Lipinski definition) is 2. The monoisotopic (exact) mass is 647 g/mol. The predicted octanol–water partition coefficient (Wildman–Crippen LogP) is 4.74. The number of carbonyl (C=O) groups is 4. The van der Waals surface area contributed by atoms with Gasteiger partial charge < -0.3 is 29.7 Å². The fraction of sp³-hybridized carbons (Fsp3) is 0.263. The second kappa shape index (κ2) is 15.0. The molecule has 48 heavy (non-hydrogen) atoms. The Morgan fingerprint density at radius 2 is 1.44 bits per heavy atom. The molecule has 0 aromatic heterocycles. The van der Waals surface area contributed by atoms with Crippen molar-refractivity contribution in [2.24, 2.45) is 0 Å². The van der Waals surface area contributed by atoms with Gasteiger partial charge in [0.25, 0.3) is 0 Å². The number of ether oxygens (including phenoxy) is 3. The summed E-state index contributed by atoms with van der Waals surface area (Å²) in [4.78, 5) is 53.3. The molecule has 1 aliphatic heterocycles. The summed E-state index contributed by atoms with van der Waals surface area (Å²) in [6.45, 7) is 0.480. The normalized spacial score (nSPS) is 16.1. The number of carbonyl (C=O) groups excluding carboxylic acids is 4. The summed E-state index contributed by atoms with van der Waals surface area (Å²) in [5.74, 6) is -1.55. The maximum Gasteiger partial charge on any atom is 0.407 e. The molecule has 0 radical (unpaired) electrons. The molecule has 0 saturated carbocycles. The smallest absolute Gasteiger partial charge is 0.407 e. The Balaban J connectivity index is 1.14. The maximum absolute atomic E-state index is 13.8. The highest BCUT2D eigenvalue weighted by Crippen LogP contribution is 2.44. The van der Waals surface area contributed by atoms with Crippen molar-refractivity contribution in [1.82, 2.24) is 15.5 Å². The topological polar surface area (TPSA) is 123 Å². The van der Waals surface area contributed by atoms with Crippen LogP contribution < -0.4 is 10.6 Å². The van der Waals surface area contributed by atoms with Gasteiger partial charge >= 0.3 is 12.1 Å². The molecule has 4 aromatic rings. The van der Waals surface area contributed by atoms with E-state index in [1.165, 1.54) is 12.0 Å². The number of fused-ring (bicyclic) bond motifs is 3. The second-order valence-electron chi connectivity index (χ2n) is 11.8. The number of nitrogens with one attached hydrogen (secondary N) is 2. The number of nitrogens with zero attached hydrogens (tertiary/aromatic N) is 1. The molecular formula is C38H37N3O7. The van der Waals surface area contributed by atoms with Gasteiger partial charge in [0.1, 0.15) is 18.7 Å². The van der Waals surface area contributed by atoms with Crippen molar-refractivity contribution in [3.8, 4) is 11.1 Å². The average Bonchev–Trinajstić information content (AvgIpc) is 3.44. The van der Waals surface area contributed by atoms with Crippen molar-refractivity contribution in [2.45, 2.75) is 37.1 Å². The molecule has 1 fully saturated rings. The number of esters is 1. The van der Waals surface area contributed by atoms with E-state index in [2.05, 4.69) is 22.8 Å². The first-order valence-electron chi connectivity index (χ1n) is 15.9. The number of β-lactam (4-membered cyclic amide) rings is 1. The third kappa shape index (κ3) is 7.08. The molecule has 0 spiro atoms. The number of rotatable bonds is 13. The van der Waals surface area contributed by atoms with E-state index in [4.69, 9.17) is 14.2 Å². The number of hydrogen-bond acceptors (Lipinski definition) is 7. The van der Waals surface area contributed by atoms with Gasteiger partial charge in [-0.1, -0.05) is 109 Å². The first-order valence-corrected chi connectivity index (χ1v) is 15.9. The Bertz CT molecular complexity index is 1720. The molecule has 0 bridgehead atoms. The highest BCUT2D eigenvalue weighted by atomic mass is 16.5. The molecule has 4 aromatic carbocycles. The largest absolute Gasteiger partial charge is 0.467 e. The van der Waals surface area contributed by atoms with E-state index in [9.17, 15) is 19.2 Å². The number of benzene rings is 4. The van der Waals surface area contributed by atoms with Gasteiger partial charge in [-0.15, -0.1) is 0 Å². The van der Waals surface area contributed by atoms with Crippen LogP contribution in [0.25, 0.3) is 11.1 Å². The lowest BCUT2D eigenvalue weighted by Gasteiger charge is -2.43. The van der Waals surface area contributed by atoms with Crippen LogP contribution in [0, 0.1) is 0 Å². The van der Waals surface area contributed by atoms with Crippen LogP contribution in [-0.4, -0.2) is 67.7 Å². The molecule has 1 unspecified atom stereocenters. The van der Waals surface area contributed by atoms with Gasteiger partial charge in [0, 0.05) is 12.5 Å². The van der Waals surface area contributed by atoms with Crippen molar-refractivity contribution in [3.63, 3.8) is 0 Å². The first-order chi connectivity index (χ1) is 23.4.